The minimum absolute atomic E-state index is 0.0178. The first-order chi connectivity index (χ1) is 13.4. The van der Waals surface area contributed by atoms with Crippen molar-refractivity contribution in [3.8, 4) is 0 Å². The van der Waals surface area contributed by atoms with Gasteiger partial charge in [0.05, 0.1) is 5.69 Å². The number of hydrogen-bond donors (Lipinski definition) is 1. The van der Waals surface area contributed by atoms with Crippen molar-refractivity contribution in [1.29, 1.82) is 0 Å². The standard InChI is InChI=1S/C24H28N2OS/c1-14-8-10-22-19(12-14)17(4)25-21-13-18(9-11-23(21)28-22)24(27)26-20-7-5-6-15(2)16(20)3/h8-13,15-16,20H,5-7H2,1-4H3,(H,26,27)/t15-,16-,20+/m0/s1. The number of carbonyl (C=O) groups excluding carboxylic acids is 1. The lowest BCUT2D eigenvalue weighted by Crippen LogP contribution is -2.43. The van der Waals surface area contributed by atoms with E-state index in [1.807, 2.05) is 25.1 Å². The molecular weight excluding hydrogens is 364 g/mol. The predicted molar refractivity (Wildman–Crippen MR) is 117 cm³/mol. The fourth-order valence-electron chi connectivity index (χ4n) is 4.24. The molecule has 1 aliphatic carbocycles. The molecule has 28 heavy (non-hydrogen) atoms. The number of rotatable bonds is 2. The maximum Gasteiger partial charge on any atom is 0.251 e. The normalized spacial score (nSPS) is 23.9. The van der Waals surface area contributed by atoms with Crippen LogP contribution in [-0.2, 0) is 0 Å². The molecule has 4 heteroatoms. The minimum Gasteiger partial charge on any atom is -0.349 e. The lowest BCUT2D eigenvalue weighted by molar-refractivity contribution is 0.0891. The minimum atomic E-state index is 0.0178. The summed E-state index contributed by atoms with van der Waals surface area (Å²) in [5.41, 5.74) is 4.99. The van der Waals surface area contributed by atoms with Crippen molar-refractivity contribution in [2.24, 2.45) is 16.8 Å². The molecule has 0 bridgehead atoms. The van der Waals surface area contributed by atoms with Crippen LogP contribution < -0.4 is 5.32 Å². The molecule has 4 rings (SSSR count). The van der Waals surface area contributed by atoms with E-state index in [9.17, 15) is 4.79 Å². The summed E-state index contributed by atoms with van der Waals surface area (Å²) in [6.45, 7) is 8.70. The Labute approximate surface area is 172 Å². The summed E-state index contributed by atoms with van der Waals surface area (Å²) in [5, 5.41) is 3.28. The zero-order valence-electron chi connectivity index (χ0n) is 17.1. The van der Waals surface area contributed by atoms with Crippen LogP contribution in [0.25, 0.3) is 0 Å². The van der Waals surface area contributed by atoms with E-state index in [-0.39, 0.29) is 11.9 Å². The molecule has 1 saturated carbocycles. The first kappa shape index (κ1) is 19.3. The Morgan fingerprint density at radius 2 is 1.86 bits per heavy atom. The molecule has 0 radical (unpaired) electrons. The SMILES string of the molecule is CC1=Nc2cc(C(=O)N[C@@H]3CCC[C@H](C)[C@@H]3C)ccc2Sc2ccc(C)cc21. The first-order valence-electron chi connectivity index (χ1n) is 10.2. The molecule has 0 saturated heterocycles. The van der Waals surface area contributed by atoms with Gasteiger partial charge in [-0.15, -0.1) is 0 Å². The van der Waals surface area contributed by atoms with E-state index in [4.69, 9.17) is 4.99 Å². The Hall–Kier alpha value is -2.07. The summed E-state index contributed by atoms with van der Waals surface area (Å²) < 4.78 is 0. The molecule has 1 fully saturated rings. The molecule has 1 N–H and O–H groups in total. The maximum atomic E-state index is 12.9. The molecule has 3 atom stereocenters. The van der Waals surface area contributed by atoms with Gasteiger partial charge in [0.25, 0.3) is 5.91 Å². The molecule has 1 amide bonds. The van der Waals surface area contributed by atoms with Crippen molar-refractivity contribution >= 4 is 29.1 Å². The van der Waals surface area contributed by atoms with Crippen molar-refractivity contribution in [1.82, 2.24) is 5.32 Å². The topological polar surface area (TPSA) is 41.5 Å². The van der Waals surface area contributed by atoms with Gasteiger partial charge in [-0.05, 0) is 62.4 Å². The molecule has 0 unspecified atom stereocenters. The highest BCUT2D eigenvalue weighted by molar-refractivity contribution is 7.99. The molecule has 1 heterocycles. The highest BCUT2D eigenvalue weighted by Gasteiger charge is 2.28. The van der Waals surface area contributed by atoms with E-state index in [0.29, 0.717) is 17.4 Å². The van der Waals surface area contributed by atoms with Crippen LogP contribution in [-0.4, -0.2) is 17.7 Å². The molecule has 2 aromatic rings. The fourth-order valence-corrected chi connectivity index (χ4v) is 5.28. The van der Waals surface area contributed by atoms with Crippen LogP contribution >= 0.6 is 11.8 Å². The van der Waals surface area contributed by atoms with E-state index >= 15 is 0 Å². The highest BCUT2D eigenvalue weighted by atomic mass is 32.2. The van der Waals surface area contributed by atoms with Gasteiger partial charge in [0.15, 0.2) is 0 Å². The third kappa shape index (κ3) is 3.75. The zero-order valence-corrected chi connectivity index (χ0v) is 17.9. The second kappa shape index (κ2) is 7.75. The van der Waals surface area contributed by atoms with Gasteiger partial charge in [-0.1, -0.05) is 50.1 Å². The molecule has 1 aliphatic heterocycles. The van der Waals surface area contributed by atoms with E-state index in [0.717, 1.165) is 22.7 Å². The summed E-state index contributed by atoms with van der Waals surface area (Å²) in [5.74, 6) is 1.20. The molecule has 0 aromatic heterocycles. The van der Waals surface area contributed by atoms with Gasteiger partial charge in [0, 0.05) is 32.7 Å². The summed E-state index contributed by atoms with van der Waals surface area (Å²) >= 11 is 1.73. The van der Waals surface area contributed by atoms with E-state index in [1.54, 1.807) is 11.8 Å². The van der Waals surface area contributed by atoms with Crippen LogP contribution in [0.5, 0.6) is 0 Å². The summed E-state index contributed by atoms with van der Waals surface area (Å²) in [4.78, 5) is 20.1. The lowest BCUT2D eigenvalue weighted by Gasteiger charge is -2.34. The number of amides is 1. The van der Waals surface area contributed by atoms with Crippen molar-refractivity contribution in [2.75, 3.05) is 0 Å². The van der Waals surface area contributed by atoms with Crippen LogP contribution in [0.2, 0.25) is 0 Å². The number of hydrogen-bond acceptors (Lipinski definition) is 3. The van der Waals surface area contributed by atoms with Crippen LogP contribution in [0, 0.1) is 18.8 Å². The van der Waals surface area contributed by atoms with Gasteiger partial charge < -0.3 is 5.32 Å². The number of carbonyl (C=O) groups is 1. The zero-order chi connectivity index (χ0) is 19.8. The second-order valence-electron chi connectivity index (χ2n) is 8.33. The average molecular weight is 393 g/mol. The number of fused-ring (bicyclic) bond motifs is 2. The van der Waals surface area contributed by atoms with E-state index in [2.05, 4.69) is 44.3 Å². The van der Waals surface area contributed by atoms with Crippen LogP contribution in [0.3, 0.4) is 0 Å². The third-order valence-electron chi connectivity index (χ3n) is 6.28. The Morgan fingerprint density at radius 3 is 2.68 bits per heavy atom. The largest absolute Gasteiger partial charge is 0.349 e. The summed E-state index contributed by atoms with van der Waals surface area (Å²) in [7, 11) is 0. The van der Waals surface area contributed by atoms with Gasteiger partial charge in [-0.3, -0.25) is 9.79 Å². The molecule has 3 nitrogen and oxygen atoms in total. The number of aryl methyl sites for hydroxylation is 1. The van der Waals surface area contributed by atoms with E-state index < -0.39 is 0 Å². The Morgan fingerprint density at radius 1 is 1.07 bits per heavy atom. The van der Waals surface area contributed by atoms with Gasteiger partial charge in [-0.25, -0.2) is 0 Å². The Bertz CT molecular complexity index is 950. The number of nitrogens with one attached hydrogen (secondary N) is 1. The third-order valence-corrected chi connectivity index (χ3v) is 7.42. The van der Waals surface area contributed by atoms with Gasteiger partial charge in [0.2, 0.25) is 0 Å². The van der Waals surface area contributed by atoms with Crippen molar-refractivity contribution in [3.63, 3.8) is 0 Å². The summed E-state index contributed by atoms with van der Waals surface area (Å²) in [6, 6.07) is 12.7. The van der Waals surface area contributed by atoms with Crippen molar-refractivity contribution in [2.45, 2.75) is 62.8 Å². The molecule has 146 valence electrons. The molecular formula is C24H28N2OS. The van der Waals surface area contributed by atoms with Gasteiger partial charge in [0.1, 0.15) is 0 Å². The van der Waals surface area contributed by atoms with Gasteiger partial charge in [-0.2, -0.15) is 0 Å². The molecule has 0 spiro atoms. The first-order valence-corrected chi connectivity index (χ1v) is 11.0. The quantitative estimate of drug-likeness (QED) is 0.665. The Balaban J connectivity index is 1.60. The number of nitrogens with zero attached hydrogens (tertiary/aromatic N) is 1. The van der Waals surface area contributed by atoms with Crippen LogP contribution in [0.15, 0.2) is 51.2 Å². The monoisotopic (exact) mass is 392 g/mol. The lowest BCUT2D eigenvalue weighted by atomic mass is 9.78. The Kier molecular flexibility index (Phi) is 5.33. The van der Waals surface area contributed by atoms with Crippen LogP contribution in [0.4, 0.5) is 5.69 Å². The second-order valence-corrected chi connectivity index (χ2v) is 9.41. The highest BCUT2D eigenvalue weighted by Crippen LogP contribution is 2.41. The smallest absolute Gasteiger partial charge is 0.251 e. The predicted octanol–water partition coefficient (Wildman–Crippen LogP) is 6.15. The number of aliphatic imine (C=N–C) groups is 1. The average Bonchev–Trinajstić information content (AvgIpc) is 2.80. The maximum absolute atomic E-state index is 12.9. The van der Waals surface area contributed by atoms with Crippen molar-refractivity contribution < 1.29 is 4.79 Å². The summed E-state index contributed by atoms with van der Waals surface area (Å²) in [6.07, 6.45) is 3.53. The molecule has 2 aromatic carbocycles. The van der Waals surface area contributed by atoms with Crippen LogP contribution in [0.1, 0.15) is 61.5 Å². The molecule has 2 aliphatic rings. The van der Waals surface area contributed by atoms with E-state index in [1.165, 1.54) is 28.9 Å². The fraction of sp³-hybridized carbons (Fsp3) is 0.417. The van der Waals surface area contributed by atoms with Crippen molar-refractivity contribution in [3.05, 3.63) is 53.1 Å². The number of benzene rings is 2. The van der Waals surface area contributed by atoms with Gasteiger partial charge >= 0.3 is 0 Å².